The van der Waals surface area contributed by atoms with Crippen LogP contribution < -0.4 is 35.1 Å². The SMILES string of the molecule is COCCOCCOC(=O)OCI.COCCOCCOC(=O)OCOc1c2n(ccc1=O)N1CN(C2=O)C2(/C=C/COc3cc(F)c(F)c4c3[C@H]1c1ccccc1SC4)CCC2.O=C1c2c(O)c(=O)ccn2N2CN1C1(/C=C/COc3cc(F)c(F)c4c3[C@H]2c2ccccc2SC4)CCC1. The van der Waals surface area contributed by atoms with Crippen molar-refractivity contribution in [1.82, 2.24) is 19.2 Å². The number of nitrogens with zero attached hydrogens (tertiary/aromatic N) is 6. The van der Waals surface area contributed by atoms with Gasteiger partial charge < -0.3 is 67.0 Å². The van der Waals surface area contributed by atoms with E-state index in [2.05, 4.69) is 9.47 Å². The third-order valence-corrected chi connectivity index (χ3v) is 21.0. The van der Waals surface area contributed by atoms with Crippen molar-refractivity contribution in [3.63, 3.8) is 0 Å². The number of carbonyl (C=O) groups excluding carboxylic acids is 4. The van der Waals surface area contributed by atoms with Crippen molar-refractivity contribution in [2.24, 2.45) is 0 Å². The lowest BCUT2D eigenvalue weighted by Crippen LogP contribution is -2.64. The van der Waals surface area contributed by atoms with Crippen LogP contribution in [0.4, 0.5) is 27.2 Å². The lowest BCUT2D eigenvalue weighted by Gasteiger charge is -2.54. The highest BCUT2D eigenvalue weighted by Crippen LogP contribution is 2.52. The van der Waals surface area contributed by atoms with Crippen LogP contribution in [0.15, 0.2) is 129 Å². The van der Waals surface area contributed by atoms with E-state index in [0.717, 1.165) is 45.9 Å². The van der Waals surface area contributed by atoms with Crippen LogP contribution in [0.25, 0.3) is 0 Å². The Bertz CT molecular complexity index is 4290. The van der Waals surface area contributed by atoms with Crippen molar-refractivity contribution in [2.45, 2.75) is 83.0 Å². The number of pyridine rings is 2. The van der Waals surface area contributed by atoms with E-state index in [0.29, 0.717) is 74.5 Å². The zero-order valence-corrected chi connectivity index (χ0v) is 58.7. The average Bonchev–Trinajstić information content (AvgIpc) is 1.72. The topological polar surface area (TPSA) is 247 Å². The summed E-state index contributed by atoms with van der Waals surface area (Å²) in [5.74, 6) is -5.13. The Labute approximate surface area is 598 Å². The fraction of sp³-hybridized carbons (Fsp3) is 0.400. The molecular weight excluding hydrogens is 1480 g/mol. The van der Waals surface area contributed by atoms with E-state index in [9.17, 15) is 38.3 Å². The van der Waals surface area contributed by atoms with Crippen LogP contribution in [0.3, 0.4) is 0 Å². The number of ether oxygens (including phenoxy) is 11. The lowest BCUT2D eigenvalue weighted by atomic mass is 9.74. The van der Waals surface area contributed by atoms with Crippen LogP contribution in [0.1, 0.15) is 105 Å². The van der Waals surface area contributed by atoms with E-state index in [-0.39, 0.29) is 97.6 Å². The fourth-order valence-corrected chi connectivity index (χ4v) is 15.8. The smallest absolute Gasteiger partial charge is 0.502 e. The molecule has 2 fully saturated rings. The second-order valence-electron chi connectivity index (χ2n) is 24.0. The summed E-state index contributed by atoms with van der Waals surface area (Å²) in [6.07, 6.45) is 13.1. The van der Waals surface area contributed by atoms with Crippen LogP contribution in [0, 0.1) is 23.3 Å². The molecule has 2 spiro atoms. The minimum Gasteiger partial charge on any atom is -0.502 e. The maximum Gasteiger partial charge on any atom is 0.511 e. The molecular formula is C70H71F4IN6O18S2. The number of fused-ring (bicyclic) bond motifs is 16. The zero-order valence-electron chi connectivity index (χ0n) is 54.9. The highest BCUT2D eigenvalue weighted by atomic mass is 127. The van der Waals surface area contributed by atoms with Crippen LogP contribution in [0.2, 0.25) is 0 Å². The molecule has 2 atom stereocenters. The molecule has 8 aliphatic rings. The molecule has 0 unspecified atom stereocenters. The highest BCUT2D eigenvalue weighted by Gasteiger charge is 2.52. The van der Waals surface area contributed by atoms with E-state index in [4.69, 9.17) is 42.6 Å². The average molecular weight is 1550 g/mol. The molecule has 101 heavy (non-hydrogen) atoms. The van der Waals surface area contributed by atoms with Crippen molar-refractivity contribution < 1.29 is 94.0 Å². The number of aromatic hydroxyl groups is 1. The first kappa shape index (κ1) is 72.3. The van der Waals surface area contributed by atoms with Gasteiger partial charge in [-0.15, -0.1) is 23.5 Å². The molecule has 8 heterocycles. The molecule has 6 aromatic rings. The van der Waals surface area contributed by atoms with E-state index >= 15 is 13.2 Å². The van der Waals surface area contributed by atoms with Crippen molar-refractivity contribution in [1.29, 1.82) is 0 Å². The van der Waals surface area contributed by atoms with Gasteiger partial charge in [-0.2, -0.15) is 0 Å². The first-order chi connectivity index (χ1) is 49.0. The Kier molecular flexibility index (Phi) is 23.1. The van der Waals surface area contributed by atoms with Crippen molar-refractivity contribution in [2.75, 3.05) is 115 Å². The Morgan fingerprint density at radius 2 is 1.05 bits per heavy atom. The van der Waals surface area contributed by atoms with Gasteiger partial charge in [0.2, 0.25) is 23.4 Å². The summed E-state index contributed by atoms with van der Waals surface area (Å²) in [6.45, 7) is 1.96. The number of benzene rings is 4. The van der Waals surface area contributed by atoms with Gasteiger partial charge in [0.1, 0.15) is 68.0 Å². The molecule has 4 aromatic carbocycles. The zero-order chi connectivity index (χ0) is 71.0. The molecule has 14 rings (SSSR count). The Balaban J connectivity index is 0.000000167. The number of hydrogen-bond donors (Lipinski definition) is 1. The van der Waals surface area contributed by atoms with Gasteiger partial charge in [-0.1, -0.05) is 48.6 Å². The lowest BCUT2D eigenvalue weighted by molar-refractivity contribution is -0.0132. The molecule has 1 N–H and O–H groups in total. The Hall–Kier alpha value is -8.47. The normalized spacial score (nSPS) is 18.9. The van der Waals surface area contributed by atoms with Gasteiger partial charge in [-0.3, -0.25) is 38.5 Å². The molecule has 0 radical (unpaired) electrons. The first-order valence-corrected chi connectivity index (χ1v) is 35.9. The molecule has 2 aliphatic carbocycles. The fourth-order valence-electron chi connectivity index (χ4n) is 13.3. The predicted octanol–water partition coefficient (Wildman–Crippen LogP) is 10.5. The summed E-state index contributed by atoms with van der Waals surface area (Å²) in [5.41, 5.74) is -0.0814. The summed E-state index contributed by atoms with van der Waals surface area (Å²) in [6, 6.07) is 18.3. The highest BCUT2D eigenvalue weighted by molar-refractivity contribution is 14.1. The first-order valence-electron chi connectivity index (χ1n) is 32.4. The molecule has 31 heteroatoms. The number of rotatable bonds is 16. The molecule has 4 bridgehead atoms. The minimum atomic E-state index is -1.05. The number of alkyl halides is 1. The summed E-state index contributed by atoms with van der Waals surface area (Å²) in [7, 11) is 3.14. The monoisotopic (exact) mass is 1550 g/mol. The number of thioether (sulfide) groups is 2. The minimum absolute atomic E-state index is 0.0370. The standard InChI is InChI=1S/C35H35F2N3O9S.C28H23F2N3O4S.C7H13IO5/c1-44-14-15-45-16-17-47-34(43)49-21-48-32-25(41)8-12-39-31(32)33(42)38-20-40(39)30-22-6-2-3-7-27(22)50-19-23-28(30)26(18-24(36)29(23)37)46-13-5-11-35(38)9-4-10-35;29-18-13-20-22-17(23(18)30)14-38-21-6-2-1-5-16(21)24(22)33-15-31(28(8-3-9-28)10-4-12-37-20)27(36)25-26(35)19(34)7-11-32(25)33;1-10-2-3-11-4-5-12-7(9)13-6-8/h2-3,5-8,11-12,18,30H,4,9-10,13-17,19-21H2,1H3;1-2,4-7,10-11,13,24,35H,3,8-9,12,14-15H2;2-6H2,1H3/b11-5+;10-4+;/t30-;24-;/m11./s1. The molecule has 6 aliphatic heterocycles. The second-order valence-corrected chi connectivity index (χ2v) is 26.7. The third-order valence-electron chi connectivity index (χ3n) is 18.4. The van der Waals surface area contributed by atoms with Crippen molar-refractivity contribution in [3.8, 4) is 23.0 Å². The van der Waals surface area contributed by atoms with E-state index in [1.165, 1.54) is 57.4 Å². The maximum absolute atomic E-state index is 15.8. The number of amides is 2. The maximum atomic E-state index is 15.8. The molecule has 2 amide bonds. The van der Waals surface area contributed by atoms with E-state index in [1.807, 2.05) is 93.3 Å². The van der Waals surface area contributed by atoms with Crippen LogP contribution in [-0.4, -0.2) is 164 Å². The Morgan fingerprint density at radius 3 is 1.52 bits per heavy atom. The van der Waals surface area contributed by atoms with Crippen LogP contribution in [-0.2, 0) is 49.4 Å². The van der Waals surface area contributed by atoms with Crippen LogP contribution >= 0.6 is 46.1 Å². The second kappa shape index (κ2) is 32.2. The molecule has 0 saturated heterocycles. The number of methoxy groups -OCH3 is 2. The summed E-state index contributed by atoms with van der Waals surface area (Å²) in [4.78, 5) is 82.3. The van der Waals surface area contributed by atoms with Crippen molar-refractivity contribution >= 4 is 70.2 Å². The van der Waals surface area contributed by atoms with Gasteiger partial charge in [0.05, 0.1) is 50.7 Å². The summed E-state index contributed by atoms with van der Waals surface area (Å²) >= 11 is 4.69. The molecule has 2 saturated carbocycles. The number of halogens is 5. The van der Waals surface area contributed by atoms with Gasteiger partial charge in [0, 0.05) is 94.4 Å². The van der Waals surface area contributed by atoms with E-state index < -0.39 is 94.0 Å². The van der Waals surface area contributed by atoms with Crippen LogP contribution in [0.5, 0.6) is 23.0 Å². The van der Waals surface area contributed by atoms with Crippen molar-refractivity contribution in [3.05, 3.63) is 198 Å². The number of aromatic nitrogens is 2. The third kappa shape index (κ3) is 14.8. The summed E-state index contributed by atoms with van der Waals surface area (Å²) < 4.78 is 122. The quantitative estimate of drug-likeness (QED) is 0.0180. The van der Waals surface area contributed by atoms with Gasteiger partial charge in [-0.05, 0) is 96.5 Å². The van der Waals surface area contributed by atoms with Gasteiger partial charge in [0.25, 0.3) is 11.8 Å². The van der Waals surface area contributed by atoms with E-state index in [1.54, 1.807) is 36.2 Å². The molecule has 24 nitrogen and oxygen atoms in total. The van der Waals surface area contributed by atoms with Gasteiger partial charge in [0.15, 0.2) is 40.4 Å². The summed E-state index contributed by atoms with van der Waals surface area (Å²) in [5, 5.41) is 14.5. The predicted molar refractivity (Wildman–Crippen MR) is 367 cm³/mol. The largest absolute Gasteiger partial charge is 0.511 e. The van der Waals surface area contributed by atoms with Gasteiger partial charge >= 0.3 is 12.3 Å². The molecule has 2 aromatic heterocycles. The Morgan fingerprint density at radius 1 is 0.594 bits per heavy atom. The molecule has 536 valence electrons. The van der Waals surface area contributed by atoms with Gasteiger partial charge in [-0.25, -0.2) is 27.2 Å². The number of carbonyl (C=O) groups is 4. The number of hydrogen-bond acceptors (Lipinski definition) is 22.